The number of alkyl carbamates (subject to hydrolysis) is 1. The van der Waals surface area contributed by atoms with Gasteiger partial charge in [-0.2, -0.15) is 0 Å². The third-order valence-corrected chi connectivity index (χ3v) is 9.24. The predicted octanol–water partition coefficient (Wildman–Crippen LogP) is 7.13. The molecule has 0 unspecified atom stereocenters. The summed E-state index contributed by atoms with van der Waals surface area (Å²) in [5.41, 5.74) is 6.30. The first-order valence-electron chi connectivity index (χ1n) is 18.4. The molecule has 1 aliphatic carbocycles. The van der Waals surface area contributed by atoms with Crippen molar-refractivity contribution in [3.63, 3.8) is 0 Å². The number of esters is 2. The molecule has 0 radical (unpaired) electrons. The Bertz CT molecular complexity index is 1810. The number of nitrogens with zero attached hydrogens (tertiary/aromatic N) is 1. The largest absolute Gasteiger partial charge is 0.481 e. The zero-order valence-electron chi connectivity index (χ0n) is 30.7. The molecule has 0 bridgehead atoms. The molecule has 0 saturated heterocycles. The predicted molar refractivity (Wildman–Crippen MR) is 202 cm³/mol. The smallest absolute Gasteiger partial charge is 0.407 e. The van der Waals surface area contributed by atoms with Crippen LogP contribution in [0.25, 0.3) is 11.1 Å². The lowest BCUT2D eigenvalue weighted by atomic mass is 9.98. The standard InChI is InChI=1S/C43H48N2O8/c1-4-45(25-15-14-18-30-16-8-7-9-17-30)41(47)38(27-31-23-24-39(52-29-40(46)50-5-2)36(26-31)42(48)51-6-3)44-43(49)53-28-37-34-21-12-10-19-32(34)33-20-11-13-22-35(33)37/h7-13,16-17,19-24,26,37-38H,4-6,14-15,18,25,27-29H2,1-3H3,(H,44,49)/t38-/m0/s1. The van der Waals surface area contributed by atoms with Gasteiger partial charge in [-0.1, -0.05) is 84.9 Å². The maximum Gasteiger partial charge on any atom is 0.407 e. The summed E-state index contributed by atoms with van der Waals surface area (Å²) in [6.07, 6.45) is 1.93. The fourth-order valence-electron chi connectivity index (χ4n) is 6.68. The van der Waals surface area contributed by atoms with Gasteiger partial charge < -0.3 is 29.2 Å². The topological polar surface area (TPSA) is 120 Å². The first kappa shape index (κ1) is 38.6. The van der Waals surface area contributed by atoms with E-state index in [1.165, 1.54) is 5.56 Å². The van der Waals surface area contributed by atoms with Gasteiger partial charge in [0.05, 0.1) is 13.2 Å². The fraction of sp³-hybridized carbons (Fsp3) is 0.349. The van der Waals surface area contributed by atoms with E-state index in [-0.39, 0.29) is 56.0 Å². The lowest BCUT2D eigenvalue weighted by molar-refractivity contribution is -0.145. The molecular weight excluding hydrogens is 672 g/mol. The van der Waals surface area contributed by atoms with Crippen LogP contribution in [-0.2, 0) is 36.6 Å². The van der Waals surface area contributed by atoms with Crippen molar-refractivity contribution in [2.45, 2.75) is 58.4 Å². The normalized spacial score (nSPS) is 12.2. The molecule has 278 valence electrons. The van der Waals surface area contributed by atoms with Crippen molar-refractivity contribution >= 4 is 23.9 Å². The van der Waals surface area contributed by atoms with E-state index in [4.69, 9.17) is 18.9 Å². The zero-order chi connectivity index (χ0) is 37.6. The highest BCUT2D eigenvalue weighted by Crippen LogP contribution is 2.44. The van der Waals surface area contributed by atoms with E-state index in [1.807, 2.05) is 61.5 Å². The second-order valence-electron chi connectivity index (χ2n) is 12.7. The number of unbranched alkanes of at least 4 members (excludes halogenated alkanes) is 1. The molecule has 4 aromatic rings. The van der Waals surface area contributed by atoms with Crippen molar-refractivity contribution in [2.24, 2.45) is 0 Å². The summed E-state index contributed by atoms with van der Waals surface area (Å²) in [6, 6.07) is 30.2. The minimum absolute atomic E-state index is 0.0636. The molecule has 10 nitrogen and oxygen atoms in total. The summed E-state index contributed by atoms with van der Waals surface area (Å²) in [5.74, 6) is -1.49. The van der Waals surface area contributed by atoms with Crippen LogP contribution in [-0.4, -0.2) is 74.4 Å². The quantitative estimate of drug-likeness (QED) is 0.0656. The van der Waals surface area contributed by atoms with Gasteiger partial charge in [-0.25, -0.2) is 14.4 Å². The molecule has 1 atom stereocenters. The number of benzene rings is 4. The average molecular weight is 721 g/mol. The first-order chi connectivity index (χ1) is 25.8. The molecule has 10 heteroatoms. The maximum atomic E-state index is 14.2. The van der Waals surface area contributed by atoms with Gasteiger partial charge in [-0.15, -0.1) is 0 Å². The van der Waals surface area contributed by atoms with Crippen molar-refractivity contribution in [1.82, 2.24) is 10.2 Å². The van der Waals surface area contributed by atoms with Crippen molar-refractivity contribution in [1.29, 1.82) is 0 Å². The van der Waals surface area contributed by atoms with Crippen molar-refractivity contribution in [3.05, 3.63) is 125 Å². The van der Waals surface area contributed by atoms with Gasteiger partial charge in [0.2, 0.25) is 5.91 Å². The van der Waals surface area contributed by atoms with Crippen LogP contribution in [0, 0.1) is 0 Å². The van der Waals surface area contributed by atoms with Gasteiger partial charge in [0, 0.05) is 25.4 Å². The number of fused-ring (bicyclic) bond motifs is 3. The van der Waals surface area contributed by atoms with Gasteiger partial charge in [0.25, 0.3) is 0 Å². The van der Waals surface area contributed by atoms with E-state index >= 15 is 0 Å². The molecule has 1 N–H and O–H groups in total. The number of hydrogen-bond acceptors (Lipinski definition) is 8. The number of amides is 2. The molecule has 1 aliphatic rings. The number of likely N-dealkylation sites (N-methyl/N-ethyl adjacent to an activating group) is 1. The zero-order valence-corrected chi connectivity index (χ0v) is 30.7. The van der Waals surface area contributed by atoms with E-state index in [9.17, 15) is 19.2 Å². The molecule has 53 heavy (non-hydrogen) atoms. The molecule has 0 saturated carbocycles. The highest BCUT2D eigenvalue weighted by Gasteiger charge is 2.31. The van der Waals surface area contributed by atoms with Crippen LogP contribution in [0.15, 0.2) is 97.1 Å². The molecule has 0 heterocycles. The third kappa shape index (κ3) is 10.2. The summed E-state index contributed by atoms with van der Waals surface area (Å²) in [5, 5.41) is 2.85. The molecule has 0 aromatic heterocycles. The molecule has 0 fully saturated rings. The molecule has 5 rings (SSSR count). The Kier molecular flexibility index (Phi) is 14.0. The molecule has 0 spiro atoms. The van der Waals surface area contributed by atoms with Crippen LogP contribution in [0.3, 0.4) is 0 Å². The number of aryl methyl sites for hydroxylation is 1. The number of ether oxygens (including phenoxy) is 4. The number of carbonyl (C=O) groups is 4. The van der Waals surface area contributed by atoms with E-state index < -0.39 is 24.1 Å². The minimum Gasteiger partial charge on any atom is -0.481 e. The Morgan fingerprint density at radius 3 is 2.06 bits per heavy atom. The number of rotatable bonds is 18. The Morgan fingerprint density at radius 1 is 0.736 bits per heavy atom. The highest BCUT2D eigenvalue weighted by atomic mass is 16.6. The van der Waals surface area contributed by atoms with E-state index in [0.717, 1.165) is 41.5 Å². The Hall–Kier alpha value is -5.64. The lowest BCUT2D eigenvalue weighted by Gasteiger charge is -2.27. The van der Waals surface area contributed by atoms with Crippen molar-refractivity contribution in [3.8, 4) is 16.9 Å². The van der Waals surface area contributed by atoms with Gasteiger partial charge in [-0.3, -0.25) is 4.79 Å². The first-order valence-corrected chi connectivity index (χ1v) is 18.4. The Labute approximate surface area is 311 Å². The second kappa shape index (κ2) is 19.3. The van der Waals surface area contributed by atoms with E-state index in [0.29, 0.717) is 18.7 Å². The van der Waals surface area contributed by atoms with Crippen molar-refractivity contribution in [2.75, 3.05) is 39.5 Å². The minimum atomic E-state index is -0.999. The Morgan fingerprint density at radius 2 is 1.40 bits per heavy atom. The summed E-state index contributed by atoms with van der Waals surface area (Å²) in [6.45, 7) is 6.27. The fourth-order valence-corrected chi connectivity index (χ4v) is 6.68. The van der Waals surface area contributed by atoms with Crippen LogP contribution >= 0.6 is 0 Å². The molecule has 4 aromatic carbocycles. The van der Waals surface area contributed by atoms with Crippen LogP contribution < -0.4 is 10.1 Å². The highest BCUT2D eigenvalue weighted by molar-refractivity contribution is 5.93. The number of carbonyl (C=O) groups excluding carboxylic acids is 4. The second-order valence-corrected chi connectivity index (χ2v) is 12.7. The van der Waals surface area contributed by atoms with Gasteiger partial charge in [0.1, 0.15) is 24.0 Å². The van der Waals surface area contributed by atoms with E-state index in [2.05, 4.69) is 29.6 Å². The van der Waals surface area contributed by atoms with Crippen LogP contribution in [0.2, 0.25) is 0 Å². The SMILES string of the molecule is CCOC(=O)COc1ccc(C[C@H](NC(=O)OCC2c3ccccc3-c3ccccc32)C(=O)N(CC)CCCCc2ccccc2)cc1C(=O)OCC. The van der Waals surface area contributed by atoms with Gasteiger partial charge in [-0.05, 0) is 85.5 Å². The summed E-state index contributed by atoms with van der Waals surface area (Å²) >= 11 is 0. The number of hydrogen-bond donors (Lipinski definition) is 1. The van der Waals surface area contributed by atoms with Crippen LogP contribution in [0.4, 0.5) is 4.79 Å². The van der Waals surface area contributed by atoms with E-state index in [1.54, 1.807) is 36.9 Å². The van der Waals surface area contributed by atoms with Crippen LogP contribution in [0.1, 0.15) is 72.1 Å². The average Bonchev–Trinajstić information content (AvgIpc) is 3.50. The molecular formula is C43H48N2O8. The molecule has 2 amide bonds. The Balaban J connectivity index is 1.33. The van der Waals surface area contributed by atoms with Crippen LogP contribution in [0.5, 0.6) is 5.75 Å². The van der Waals surface area contributed by atoms with Gasteiger partial charge in [0.15, 0.2) is 6.61 Å². The summed E-state index contributed by atoms with van der Waals surface area (Å²) in [4.78, 5) is 54.4. The van der Waals surface area contributed by atoms with Crippen molar-refractivity contribution < 1.29 is 38.1 Å². The summed E-state index contributed by atoms with van der Waals surface area (Å²) in [7, 11) is 0. The maximum absolute atomic E-state index is 14.2. The third-order valence-electron chi connectivity index (χ3n) is 9.24. The molecule has 0 aliphatic heterocycles. The number of nitrogens with one attached hydrogen (secondary N) is 1. The monoisotopic (exact) mass is 720 g/mol. The lowest BCUT2D eigenvalue weighted by Crippen LogP contribution is -2.50. The van der Waals surface area contributed by atoms with Gasteiger partial charge >= 0.3 is 18.0 Å². The summed E-state index contributed by atoms with van der Waals surface area (Å²) < 4.78 is 21.7.